The quantitative estimate of drug-likeness (QED) is 0.493. The molecule has 1 saturated heterocycles. The molecule has 1 aliphatic heterocycles. The molecule has 0 N–H and O–H groups in total. The molecule has 0 bridgehead atoms. The Labute approximate surface area is 82.9 Å². The molecule has 0 aliphatic carbocycles. The fraction of sp³-hybridized carbons (Fsp3) is 0.600. The highest BCUT2D eigenvalue weighted by Gasteiger charge is 2.30. The van der Waals surface area contributed by atoms with E-state index in [9.17, 15) is 9.59 Å². The van der Waals surface area contributed by atoms with Gasteiger partial charge in [-0.2, -0.15) is 0 Å². The van der Waals surface area contributed by atoms with Crippen LogP contribution in [0, 0.1) is 5.92 Å². The summed E-state index contributed by atoms with van der Waals surface area (Å²) >= 11 is 0. The number of aldehydes is 1. The Balaban J connectivity index is 2.56. The molecule has 1 aliphatic rings. The van der Waals surface area contributed by atoms with Gasteiger partial charge < -0.3 is 14.3 Å². The van der Waals surface area contributed by atoms with Crippen LogP contribution in [0.25, 0.3) is 0 Å². The predicted octanol–water partition coefficient (Wildman–Crippen LogP) is 0.708. The highest BCUT2D eigenvalue weighted by molar-refractivity contribution is 5.75. The maximum atomic E-state index is 10.9. The Bertz CT molecular complexity index is 236. The number of ketones is 1. The van der Waals surface area contributed by atoms with Gasteiger partial charge in [0.2, 0.25) is 6.29 Å². The third-order valence-corrected chi connectivity index (χ3v) is 2.12. The van der Waals surface area contributed by atoms with E-state index in [4.69, 9.17) is 9.47 Å². The van der Waals surface area contributed by atoms with Crippen LogP contribution in [0.15, 0.2) is 12.7 Å². The van der Waals surface area contributed by atoms with E-state index in [2.05, 4.69) is 6.58 Å². The fourth-order valence-electron chi connectivity index (χ4n) is 1.48. The Morgan fingerprint density at radius 2 is 2.36 bits per heavy atom. The molecule has 1 rings (SSSR count). The van der Waals surface area contributed by atoms with Crippen molar-refractivity contribution in [2.24, 2.45) is 5.92 Å². The first kappa shape index (κ1) is 11.1. The maximum absolute atomic E-state index is 10.9. The van der Waals surface area contributed by atoms with E-state index < -0.39 is 6.29 Å². The van der Waals surface area contributed by atoms with Crippen molar-refractivity contribution < 1.29 is 19.1 Å². The zero-order valence-corrected chi connectivity index (χ0v) is 8.14. The molecular weight excluding hydrogens is 184 g/mol. The van der Waals surface area contributed by atoms with Crippen molar-refractivity contribution in [3.63, 3.8) is 0 Å². The fourth-order valence-corrected chi connectivity index (χ4v) is 1.48. The van der Waals surface area contributed by atoms with Gasteiger partial charge >= 0.3 is 0 Å². The van der Waals surface area contributed by atoms with Crippen LogP contribution in [0.5, 0.6) is 0 Å². The standard InChI is InChI=1S/C10H14O4/c1-3-9-8(4-7(2)12)6-13-10(5-11)14-9/h3,5,8-10H,1,4,6H2,2H3. The molecule has 0 saturated carbocycles. The minimum atomic E-state index is -0.818. The summed E-state index contributed by atoms with van der Waals surface area (Å²) in [7, 11) is 0. The molecule has 78 valence electrons. The summed E-state index contributed by atoms with van der Waals surface area (Å²) in [5.74, 6) is 0.0554. The summed E-state index contributed by atoms with van der Waals surface area (Å²) in [5.41, 5.74) is 0. The molecule has 3 unspecified atom stereocenters. The second-order valence-electron chi connectivity index (χ2n) is 3.34. The average Bonchev–Trinajstić information content (AvgIpc) is 2.17. The van der Waals surface area contributed by atoms with Gasteiger partial charge in [-0.25, -0.2) is 0 Å². The van der Waals surface area contributed by atoms with E-state index in [-0.39, 0.29) is 17.8 Å². The lowest BCUT2D eigenvalue weighted by molar-refractivity contribution is -0.212. The van der Waals surface area contributed by atoms with Gasteiger partial charge in [0.1, 0.15) is 5.78 Å². The number of rotatable bonds is 4. The number of carbonyl (C=O) groups excluding carboxylic acids is 2. The summed E-state index contributed by atoms with van der Waals surface area (Å²) < 4.78 is 10.3. The van der Waals surface area contributed by atoms with Gasteiger partial charge in [-0.3, -0.25) is 4.79 Å². The molecule has 0 aromatic rings. The molecule has 4 heteroatoms. The van der Waals surface area contributed by atoms with Crippen LogP contribution in [0.1, 0.15) is 13.3 Å². The number of ether oxygens (including phenoxy) is 2. The molecule has 0 amide bonds. The Morgan fingerprint density at radius 1 is 1.64 bits per heavy atom. The van der Waals surface area contributed by atoms with Crippen molar-refractivity contribution >= 4 is 12.1 Å². The lowest BCUT2D eigenvalue weighted by Gasteiger charge is -2.32. The van der Waals surface area contributed by atoms with E-state index in [1.54, 1.807) is 6.08 Å². The second kappa shape index (κ2) is 5.02. The highest BCUT2D eigenvalue weighted by Crippen LogP contribution is 2.21. The van der Waals surface area contributed by atoms with Crippen molar-refractivity contribution in [1.29, 1.82) is 0 Å². The molecule has 14 heavy (non-hydrogen) atoms. The van der Waals surface area contributed by atoms with Gasteiger partial charge in [-0.15, -0.1) is 6.58 Å². The second-order valence-corrected chi connectivity index (χ2v) is 3.34. The molecule has 3 atom stereocenters. The van der Waals surface area contributed by atoms with Gasteiger partial charge in [0.25, 0.3) is 0 Å². The first-order valence-electron chi connectivity index (χ1n) is 4.51. The van der Waals surface area contributed by atoms with Crippen molar-refractivity contribution in [3.05, 3.63) is 12.7 Å². The average molecular weight is 198 g/mol. The highest BCUT2D eigenvalue weighted by atomic mass is 16.7. The lowest BCUT2D eigenvalue weighted by atomic mass is 9.96. The van der Waals surface area contributed by atoms with Crippen molar-refractivity contribution in [2.45, 2.75) is 25.7 Å². The van der Waals surface area contributed by atoms with E-state index in [0.717, 1.165) is 0 Å². The molecule has 1 fully saturated rings. The largest absolute Gasteiger partial charge is 0.346 e. The number of hydrogen-bond donors (Lipinski definition) is 0. The van der Waals surface area contributed by atoms with Gasteiger partial charge in [-0.1, -0.05) is 6.08 Å². The van der Waals surface area contributed by atoms with Crippen LogP contribution in [0.2, 0.25) is 0 Å². The summed E-state index contributed by atoms with van der Waals surface area (Å²) in [4.78, 5) is 21.3. The summed E-state index contributed by atoms with van der Waals surface area (Å²) in [5, 5.41) is 0. The first-order chi connectivity index (χ1) is 6.67. The van der Waals surface area contributed by atoms with Crippen LogP contribution in [-0.4, -0.2) is 31.1 Å². The van der Waals surface area contributed by atoms with E-state index in [1.165, 1.54) is 6.92 Å². The molecule has 4 nitrogen and oxygen atoms in total. The van der Waals surface area contributed by atoms with Crippen molar-refractivity contribution in [2.75, 3.05) is 6.61 Å². The van der Waals surface area contributed by atoms with E-state index >= 15 is 0 Å². The lowest BCUT2D eigenvalue weighted by Crippen LogP contribution is -2.40. The van der Waals surface area contributed by atoms with Crippen LogP contribution in [0.3, 0.4) is 0 Å². The van der Waals surface area contributed by atoms with Gasteiger partial charge in [0.05, 0.1) is 12.7 Å². The zero-order chi connectivity index (χ0) is 10.6. The number of Topliss-reactive ketones (excluding diaryl/α,β-unsaturated/α-hetero) is 1. The van der Waals surface area contributed by atoms with Gasteiger partial charge in [-0.05, 0) is 6.92 Å². The number of carbonyl (C=O) groups is 2. The zero-order valence-electron chi connectivity index (χ0n) is 8.14. The van der Waals surface area contributed by atoms with Crippen LogP contribution >= 0.6 is 0 Å². The van der Waals surface area contributed by atoms with E-state index in [1.807, 2.05) is 0 Å². The van der Waals surface area contributed by atoms with Crippen molar-refractivity contribution in [1.82, 2.24) is 0 Å². The molecule has 0 aromatic heterocycles. The maximum Gasteiger partial charge on any atom is 0.215 e. The SMILES string of the molecule is C=CC1OC(C=O)OCC1CC(C)=O. The van der Waals surface area contributed by atoms with Gasteiger partial charge in [0.15, 0.2) is 6.29 Å². The summed E-state index contributed by atoms with van der Waals surface area (Å²) in [6, 6.07) is 0. The van der Waals surface area contributed by atoms with Gasteiger partial charge in [0, 0.05) is 12.3 Å². The Morgan fingerprint density at radius 3 is 2.86 bits per heavy atom. The van der Waals surface area contributed by atoms with Crippen LogP contribution in [0.4, 0.5) is 0 Å². The minimum absolute atomic E-state index is 0.0267. The predicted molar refractivity (Wildman–Crippen MR) is 49.7 cm³/mol. The molecule has 1 heterocycles. The third-order valence-electron chi connectivity index (χ3n) is 2.12. The minimum Gasteiger partial charge on any atom is -0.346 e. The Kier molecular flexibility index (Phi) is 3.98. The van der Waals surface area contributed by atoms with Crippen molar-refractivity contribution in [3.8, 4) is 0 Å². The van der Waals surface area contributed by atoms with E-state index in [0.29, 0.717) is 19.3 Å². The topological polar surface area (TPSA) is 52.6 Å². The monoisotopic (exact) mass is 198 g/mol. The van der Waals surface area contributed by atoms with Crippen LogP contribution < -0.4 is 0 Å². The molecule has 0 spiro atoms. The molecule has 0 aromatic carbocycles. The third kappa shape index (κ3) is 2.75. The number of hydrogen-bond acceptors (Lipinski definition) is 4. The smallest absolute Gasteiger partial charge is 0.215 e. The normalized spacial score (nSPS) is 32.2. The van der Waals surface area contributed by atoms with Crippen LogP contribution in [-0.2, 0) is 19.1 Å². The molecule has 0 radical (unpaired) electrons. The summed E-state index contributed by atoms with van der Waals surface area (Å²) in [6.45, 7) is 5.48. The first-order valence-corrected chi connectivity index (χ1v) is 4.51. The molecular formula is C10H14O4. The Hall–Kier alpha value is -1.00. The summed E-state index contributed by atoms with van der Waals surface area (Å²) in [6.07, 6.45) is 1.50.